The van der Waals surface area contributed by atoms with Gasteiger partial charge in [0.2, 0.25) is 0 Å². The summed E-state index contributed by atoms with van der Waals surface area (Å²) in [6.07, 6.45) is 0.255. The predicted molar refractivity (Wildman–Crippen MR) is 78.8 cm³/mol. The summed E-state index contributed by atoms with van der Waals surface area (Å²) < 4.78 is 0. The molecule has 0 amide bonds. The van der Waals surface area contributed by atoms with E-state index in [9.17, 15) is 25.0 Å². The molecule has 0 aromatic heterocycles. The first-order valence-corrected chi connectivity index (χ1v) is 6.49. The highest BCUT2D eigenvalue weighted by Gasteiger charge is 2.19. The van der Waals surface area contributed by atoms with Crippen LogP contribution in [0.15, 0.2) is 48.5 Å². The maximum absolute atomic E-state index is 12.0. The van der Waals surface area contributed by atoms with Gasteiger partial charge in [0.1, 0.15) is 0 Å². The molecule has 0 aliphatic carbocycles. The molecule has 7 heteroatoms. The summed E-state index contributed by atoms with van der Waals surface area (Å²) >= 11 is 0. The zero-order valence-electron chi connectivity index (χ0n) is 11.5. The number of Topliss-reactive ketones (excluding diaryl/α,β-unsaturated/α-hetero) is 1. The fourth-order valence-corrected chi connectivity index (χ4v) is 2.06. The predicted octanol–water partition coefficient (Wildman–Crippen LogP) is 3.32. The monoisotopic (exact) mass is 300 g/mol. The molecule has 0 spiro atoms. The molecule has 0 heterocycles. The van der Waals surface area contributed by atoms with Gasteiger partial charge in [0.05, 0.1) is 15.9 Å². The summed E-state index contributed by atoms with van der Waals surface area (Å²) in [4.78, 5) is 32.3. The van der Waals surface area contributed by atoms with Crippen LogP contribution in [-0.2, 0) is 6.42 Å². The normalized spacial score (nSPS) is 10.2. The van der Waals surface area contributed by atoms with Crippen LogP contribution in [0, 0.1) is 20.2 Å². The van der Waals surface area contributed by atoms with Gasteiger partial charge in [-0.25, -0.2) is 0 Å². The van der Waals surface area contributed by atoms with Crippen LogP contribution in [0.5, 0.6) is 0 Å². The third-order valence-electron chi connectivity index (χ3n) is 3.19. The highest BCUT2D eigenvalue weighted by atomic mass is 16.6. The lowest BCUT2D eigenvalue weighted by atomic mass is 10.0. The Morgan fingerprint density at radius 1 is 0.955 bits per heavy atom. The van der Waals surface area contributed by atoms with Crippen LogP contribution in [0.3, 0.4) is 0 Å². The molecular formula is C15H12N2O5. The van der Waals surface area contributed by atoms with E-state index in [1.165, 1.54) is 12.1 Å². The number of hydrogen-bond acceptors (Lipinski definition) is 5. The molecular weight excluding hydrogens is 288 g/mol. The van der Waals surface area contributed by atoms with Crippen molar-refractivity contribution in [2.24, 2.45) is 0 Å². The molecule has 22 heavy (non-hydrogen) atoms. The lowest BCUT2D eigenvalue weighted by Gasteiger charge is -2.03. The number of carbonyl (C=O) groups excluding carboxylic acids is 1. The number of nitro groups is 2. The molecule has 0 unspecified atom stereocenters. The quantitative estimate of drug-likeness (QED) is 0.462. The highest BCUT2D eigenvalue weighted by Crippen LogP contribution is 2.26. The maximum Gasteiger partial charge on any atom is 0.279 e. The van der Waals surface area contributed by atoms with E-state index in [4.69, 9.17) is 0 Å². The van der Waals surface area contributed by atoms with E-state index in [1.54, 1.807) is 30.3 Å². The van der Waals surface area contributed by atoms with Gasteiger partial charge < -0.3 is 0 Å². The van der Waals surface area contributed by atoms with Gasteiger partial charge in [-0.2, -0.15) is 0 Å². The second kappa shape index (κ2) is 6.57. The van der Waals surface area contributed by atoms with Crippen molar-refractivity contribution in [3.8, 4) is 0 Å². The van der Waals surface area contributed by atoms with Crippen LogP contribution in [-0.4, -0.2) is 15.6 Å². The molecule has 0 radical (unpaired) electrons. The van der Waals surface area contributed by atoms with Gasteiger partial charge in [-0.15, -0.1) is 0 Å². The molecule has 7 nitrogen and oxygen atoms in total. The van der Waals surface area contributed by atoms with E-state index < -0.39 is 9.85 Å². The fraction of sp³-hybridized carbons (Fsp3) is 0.133. The lowest BCUT2D eigenvalue weighted by Crippen LogP contribution is -2.03. The largest absolute Gasteiger partial charge is 0.294 e. The van der Waals surface area contributed by atoms with E-state index in [2.05, 4.69) is 0 Å². The van der Waals surface area contributed by atoms with E-state index in [0.717, 1.165) is 6.07 Å². The highest BCUT2D eigenvalue weighted by molar-refractivity contribution is 5.96. The first-order valence-electron chi connectivity index (χ1n) is 6.49. The van der Waals surface area contributed by atoms with E-state index in [-0.39, 0.29) is 30.0 Å². The SMILES string of the molecule is O=C(CCc1ccc([N+](=O)[O-])cc1[N+](=O)[O-])c1ccccc1. The van der Waals surface area contributed by atoms with Crippen LogP contribution >= 0.6 is 0 Å². The Bertz CT molecular complexity index is 728. The number of nitro benzene ring substituents is 2. The Balaban J connectivity index is 2.17. The minimum atomic E-state index is -0.689. The molecule has 0 aliphatic rings. The maximum atomic E-state index is 12.0. The zero-order chi connectivity index (χ0) is 16.1. The number of nitrogens with zero attached hydrogens (tertiary/aromatic N) is 2. The number of non-ortho nitro benzene ring substituents is 1. The molecule has 2 rings (SSSR count). The third-order valence-corrected chi connectivity index (χ3v) is 3.19. The summed E-state index contributed by atoms with van der Waals surface area (Å²) in [5.41, 5.74) is 0.159. The molecule has 0 atom stereocenters. The zero-order valence-corrected chi connectivity index (χ0v) is 11.5. The Morgan fingerprint density at radius 2 is 1.64 bits per heavy atom. The van der Waals surface area contributed by atoms with E-state index in [0.29, 0.717) is 11.1 Å². The van der Waals surface area contributed by atoms with Crippen molar-refractivity contribution in [3.63, 3.8) is 0 Å². The van der Waals surface area contributed by atoms with Gasteiger partial charge in [-0.1, -0.05) is 30.3 Å². The summed E-state index contributed by atoms with van der Waals surface area (Å²) in [7, 11) is 0. The number of ketones is 1. The average Bonchev–Trinajstić information content (AvgIpc) is 2.53. The number of aryl methyl sites for hydroxylation is 1. The molecule has 0 aliphatic heterocycles. The van der Waals surface area contributed by atoms with Crippen LogP contribution in [0.2, 0.25) is 0 Å². The molecule has 112 valence electrons. The van der Waals surface area contributed by atoms with Crippen molar-refractivity contribution in [2.45, 2.75) is 12.8 Å². The van der Waals surface area contributed by atoms with Gasteiger partial charge >= 0.3 is 0 Å². The van der Waals surface area contributed by atoms with Crippen molar-refractivity contribution < 1.29 is 14.6 Å². The van der Waals surface area contributed by atoms with Gasteiger partial charge in [0, 0.05) is 23.6 Å². The Hall–Kier alpha value is -3.09. The number of benzene rings is 2. The molecule has 2 aromatic carbocycles. The van der Waals surface area contributed by atoms with E-state index >= 15 is 0 Å². The topological polar surface area (TPSA) is 103 Å². The van der Waals surface area contributed by atoms with Gasteiger partial charge in [-0.05, 0) is 12.5 Å². The summed E-state index contributed by atoms with van der Waals surface area (Å²) in [6, 6.07) is 12.1. The second-order valence-corrected chi connectivity index (χ2v) is 4.62. The number of carbonyl (C=O) groups is 1. The van der Waals surface area contributed by atoms with Crippen LogP contribution in [0.4, 0.5) is 11.4 Å². The minimum absolute atomic E-state index is 0.0999. The molecule has 2 aromatic rings. The molecule has 0 N–H and O–H groups in total. The average molecular weight is 300 g/mol. The Morgan fingerprint density at radius 3 is 2.23 bits per heavy atom. The molecule has 0 fully saturated rings. The molecule has 0 saturated carbocycles. The van der Waals surface area contributed by atoms with Gasteiger partial charge in [-0.3, -0.25) is 25.0 Å². The van der Waals surface area contributed by atoms with Crippen LogP contribution in [0.1, 0.15) is 22.3 Å². The van der Waals surface area contributed by atoms with Crippen LogP contribution < -0.4 is 0 Å². The third kappa shape index (κ3) is 3.51. The number of hydrogen-bond donors (Lipinski definition) is 0. The Labute approximate surface area is 125 Å². The first-order chi connectivity index (χ1) is 10.5. The first kappa shape index (κ1) is 15.3. The fourth-order valence-electron chi connectivity index (χ4n) is 2.06. The van der Waals surface area contributed by atoms with Crippen molar-refractivity contribution in [2.75, 3.05) is 0 Å². The van der Waals surface area contributed by atoms with Gasteiger partial charge in [0.15, 0.2) is 5.78 Å². The summed E-state index contributed by atoms with van der Waals surface area (Å²) in [5.74, 6) is -0.131. The molecule has 0 saturated heterocycles. The number of rotatable bonds is 6. The smallest absolute Gasteiger partial charge is 0.279 e. The lowest BCUT2D eigenvalue weighted by molar-refractivity contribution is -0.394. The van der Waals surface area contributed by atoms with Crippen molar-refractivity contribution in [1.82, 2.24) is 0 Å². The summed E-state index contributed by atoms with van der Waals surface area (Å²) in [6.45, 7) is 0. The van der Waals surface area contributed by atoms with Crippen LogP contribution in [0.25, 0.3) is 0 Å². The Kier molecular flexibility index (Phi) is 4.57. The summed E-state index contributed by atoms with van der Waals surface area (Å²) in [5, 5.41) is 21.7. The van der Waals surface area contributed by atoms with Gasteiger partial charge in [0.25, 0.3) is 11.4 Å². The van der Waals surface area contributed by atoms with Crippen molar-refractivity contribution in [1.29, 1.82) is 0 Å². The van der Waals surface area contributed by atoms with Crippen molar-refractivity contribution >= 4 is 17.2 Å². The van der Waals surface area contributed by atoms with Crippen molar-refractivity contribution in [3.05, 3.63) is 79.9 Å². The minimum Gasteiger partial charge on any atom is -0.294 e. The standard InChI is InChI=1S/C15H12N2O5/c18-15(12-4-2-1-3-5-12)9-7-11-6-8-13(16(19)20)10-14(11)17(21)22/h1-6,8,10H,7,9H2. The molecule has 0 bridgehead atoms. The second-order valence-electron chi connectivity index (χ2n) is 4.62. The van der Waals surface area contributed by atoms with E-state index in [1.807, 2.05) is 0 Å².